The van der Waals surface area contributed by atoms with Gasteiger partial charge in [0, 0.05) is 30.5 Å². The number of aromatic nitrogens is 1. The van der Waals surface area contributed by atoms with E-state index in [-0.39, 0.29) is 11.4 Å². The Morgan fingerprint density at radius 2 is 1.50 bits per heavy atom. The van der Waals surface area contributed by atoms with Crippen molar-refractivity contribution in [3.63, 3.8) is 0 Å². The van der Waals surface area contributed by atoms with Crippen molar-refractivity contribution >= 4 is 18.2 Å². The molecular formula is C26H27FN2O. The van der Waals surface area contributed by atoms with Gasteiger partial charge >= 0.3 is 0 Å². The second-order valence-electron chi connectivity index (χ2n) is 7.58. The predicted molar refractivity (Wildman–Crippen MR) is 124 cm³/mol. The Kier molecular flexibility index (Phi) is 7.15. The van der Waals surface area contributed by atoms with Gasteiger partial charge in [-0.25, -0.2) is 4.39 Å². The zero-order chi connectivity index (χ0) is 21.5. The molecule has 0 bridgehead atoms. The fourth-order valence-electron chi connectivity index (χ4n) is 2.89. The molecule has 0 spiro atoms. The van der Waals surface area contributed by atoms with Crippen LogP contribution in [0, 0.1) is 5.82 Å². The molecule has 154 valence electrons. The van der Waals surface area contributed by atoms with Gasteiger partial charge in [0.15, 0.2) is 0 Å². The Morgan fingerprint density at radius 3 is 2.13 bits per heavy atom. The van der Waals surface area contributed by atoms with Crippen LogP contribution in [0.2, 0.25) is 0 Å². The maximum atomic E-state index is 13.0. The molecule has 3 nitrogen and oxygen atoms in total. The summed E-state index contributed by atoms with van der Waals surface area (Å²) in [7, 11) is 2.10. The first-order valence-corrected chi connectivity index (χ1v) is 10.1. The van der Waals surface area contributed by atoms with Gasteiger partial charge < -0.3 is 4.90 Å². The zero-order valence-corrected chi connectivity index (χ0v) is 17.6. The highest BCUT2D eigenvalue weighted by Gasteiger charge is 2.01. The van der Waals surface area contributed by atoms with E-state index in [0.29, 0.717) is 6.04 Å². The number of likely N-dealkylation sites (N-methyl/N-ethyl adjacent to an activating group) is 1. The first kappa shape index (κ1) is 21.5. The van der Waals surface area contributed by atoms with E-state index in [0.717, 1.165) is 28.9 Å². The Balaban J connectivity index is 1.69. The van der Waals surface area contributed by atoms with Crippen LogP contribution in [0.4, 0.5) is 4.39 Å². The number of halogens is 1. The van der Waals surface area contributed by atoms with Gasteiger partial charge in [-0.05, 0) is 67.9 Å². The fourth-order valence-corrected chi connectivity index (χ4v) is 2.89. The van der Waals surface area contributed by atoms with Crippen molar-refractivity contribution in [3.05, 3.63) is 106 Å². The molecule has 0 N–H and O–H groups in total. The molecule has 2 aromatic carbocycles. The molecule has 0 radical (unpaired) electrons. The molecule has 0 aliphatic heterocycles. The molecule has 30 heavy (non-hydrogen) atoms. The summed E-state index contributed by atoms with van der Waals surface area (Å²) >= 11 is 0. The molecule has 0 amide bonds. The fraction of sp³-hybridized carbons (Fsp3) is 0.192. The monoisotopic (exact) mass is 402 g/mol. The summed E-state index contributed by atoms with van der Waals surface area (Å²) in [6.45, 7) is 5.24. The highest BCUT2D eigenvalue weighted by molar-refractivity contribution is 5.69. The maximum absolute atomic E-state index is 13.0. The molecule has 0 aliphatic carbocycles. The van der Waals surface area contributed by atoms with Crippen LogP contribution < -0.4 is 5.56 Å². The third-order valence-corrected chi connectivity index (χ3v) is 5.04. The van der Waals surface area contributed by atoms with Crippen LogP contribution in [0.1, 0.15) is 30.5 Å². The highest BCUT2D eigenvalue weighted by atomic mass is 19.1. The van der Waals surface area contributed by atoms with Crippen LogP contribution in [0.25, 0.3) is 23.9 Å². The molecule has 0 unspecified atom stereocenters. The molecule has 0 atom stereocenters. The molecule has 3 rings (SSSR count). The topological polar surface area (TPSA) is 25.2 Å². The third-order valence-electron chi connectivity index (χ3n) is 5.04. The molecule has 0 aliphatic rings. The second-order valence-corrected chi connectivity index (χ2v) is 7.58. The minimum Gasteiger partial charge on any atom is -0.300 e. The van der Waals surface area contributed by atoms with Gasteiger partial charge in [0.2, 0.25) is 0 Å². The lowest BCUT2D eigenvalue weighted by Gasteiger charge is -2.18. The first-order chi connectivity index (χ1) is 14.4. The Bertz CT molecular complexity index is 1080. The summed E-state index contributed by atoms with van der Waals surface area (Å²) in [5, 5.41) is 0. The number of rotatable bonds is 7. The highest BCUT2D eigenvalue weighted by Crippen LogP contribution is 2.12. The van der Waals surface area contributed by atoms with E-state index in [2.05, 4.69) is 37.9 Å². The van der Waals surface area contributed by atoms with Crippen molar-refractivity contribution < 1.29 is 4.39 Å². The normalized spacial score (nSPS) is 11.9. The molecule has 3 aromatic rings. The average molecular weight is 403 g/mol. The van der Waals surface area contributed by atoms with Crippen molar-refractivity contribution in [1.82, 2.24) is 9.47 Å². The SMILES string of the molecule is CC(C)N(C)C/C=C/c1ccc(-n2ccc(C=Cc3ccc(F)cc3)cc2=O)cc1. The minimum absolute atomic E-state index is 0.0990. The van der Waals surface area contributed by atoms with Gasteiger partial charge in [-0.15, -0.1) is 0 Å². The number of benzene rings is 2. The quantitative estimate of drug-likeness (QED) is 0.521. The largest absolute Gasteiger partial charge is 0.300 e. The van der Waals surface area contributed by atoms with Crippen molar-refractivity contribution in [2.24, 2.45) is 0 Å². The summed E-state index contributed by atoms with van der Waals surface area (Å²) in [4.78, 5) is 14.8. The molecule has 1 aromatic heterocycles. The van der Waals surface area contributed by atoms with Crippen molar-refractivity contribution in [2.45, 2.75) is 19.9 Å². The molecular weight excluding hydrogens is 375 g/mol. The van der Waals surface area contributed by atoms with Crippen molar-refractivity contribution in [1.29, 1.82) is 0 Å². The van der Waals surface area contributed by atoms with E-state index in [1.54, 1.807) is 29.0 Å². The van der Waals surface area contributed by atoms with Crippen LogP contribution in [0.5, 0.6) is 0 Å². The summed E-state index contributed by atoms with van der Waals surface area (Å²) < 4.78 is 14.6. The van der Waals surface area contributed by atoms with Gasteiger partial charge in [-0.2, -0.15) is 0 Å². The number of pyridine rings is 1. The molecule has 0 fully saturated rings. The lowest BCUT2D eigenvalue weighted by molar-refractivity contribution is 0.303. The lowest BCUT2D eigenvalue weighted by atomic mass is 10.1. The van der Waals surface area contributed by atoms with E-state index in [4.69, 9.17) is 0 Å². The van der Waals surface area contributed by atoms with Crippen LogP contribution in [0.15, 0.2) is 77.7 Å². The smallest absolute Gasteiger partial charge is 0.255 e. The average Bonchev–Trinajstić information content (AvgIpc) is 2.74. The van der Waals surface area contributed by atoms with Gasteiger partial charge in [-0.1, -0.05) is 48.6 Å². The summed E-state index contributed by atoms with van der Waals surface area (Å²) in [6, 6.07) is 18.1. The first-order valence-electron chi connectivity index (χ1n) is 10.1. The number of hydrogen-bond acceptors (Lipinski definition) is 2. The van der Waals surface area contributed by atoms with Crippen LogP contribution in [0.3, 0.4) is 0 Å². The summed E-state index contributed by atoms with van der Waals surface area (Å²) in [5.41, 5.74) is 3.50. The minimum atomic E-state index is -0.265. The third kappa shape index (κ3) is 5.88. The summed E-state index contributed by atoms with van der Waals surface area (Å²) in [6.07, 6.45) is 9.71. The zero-order valence-electron chi connectivity index (χ0n) is 17.6. The molecule has 4 heteroatoms. The Hall–Kier alpha value is -3.24. The predicted octanol–water partition coefficient (Wildman–Crippen LogP) is 5.50. The Labute approximate surface area is 177 Å². The van der Waals surface area contributed by atoms with Crippen LogP contribution in [-0.2, 0) is 0 Å². The number of nitrogens with zero attached hydrogens (tertiary/aromatic N) is 2. The van der Waals surface area contributed by atoms with Gasteiger partial charge in [-0.3, -0.25) is 9.36 Å². The van der Waals surface area contributed by atoms with Crippen molar-refractivity contribution in [3.8, 4) is 5.69 Å². The molecule has 1 heterocycles. The van der Waals surface area contributed by atoms with Crippen LogP contribution >= 0.6 is 0 Å². The van der Waals surface area contributed by atoms with E-state index in [1.807, 2.05) is 42.5 Å². The number of hydrogen-bond donors (Lipinski definition) is 0. The van der Waals surface area contributed by atoms with Gasteiger partial charge in [0.25, 0.3) is 5.56 Å². The van der Waals surface area contributed by atoms with E-state index >= 15 is 0 Å². The second kappa shape index (κ2) is 9.99. The van der Waals surface area contributed by atoms with E-state index in [1.165, 1.54) is 12.1 Å². The van der Waals surface area contributed by atoms with Gasteiger partial charge in [0.1, 0.15) is 5.82 Å². The van der Waals surface area contributed by atoms with E-state index < -0.39 is 0 Å². The standard InChI is InChI=1S/C26H27FN2O/c1-20(2)28(3)17-4-5-21-10-14-25(15-11-21)29-18-16-23(19-26(29)30)7-6-22-8-12-24(27)13-9-22/h4-16,18-20H,17H2,1-3H3/b5-4+,7-6?. The lowest BCUT2D eigenvalue weighted by Crippen LogP contribution is -2.26. The van der Waals surface area contributed by atoms with Gasteiger partial charge in [0.05, 0.1) is 0 Å². The Morgan fingerprint density at radius 1 is 0.900 bits per heavy atom. The molecule has 0 saturated carbocycles. The maximum Gasteiger partial charge on any atom is 0.255 e. The van der Waals surface area contributed by atoms with Crippen molar-refractivity contribution in [2.75, 3.05) is 13.6 Å². The summed E-state index contributed by atoms with van der Waals surface area (Å²) in [5.74, 6) is -0.265. The van der Waals surface area contributed by atoms with E-state index in [9.17, 15) is 9.18 Å². The van der Waals surface area contributed by atoms with Crippen LogP contribution in [-0.4, -0.2) is 29.1 Å². The molecule has 0 saturated heterocycles.